The molecule has 0 saturated heterocycles. The van der Waals surface area contributed by atoms with Crippen molar-refractivity contribution < 1.29 is 33.8 Å². The summed E-state index contributed by atoms with van der Waals surface area (Å²) in [6, 6.07) is 0. The first-order chi connectivity index (χ1) is 8.54. The second-order valence-electron chi connectivity index (χ2n) is 7.11. The first-order valence-corrected chi connectivity index (χ1v) is 9.60. The SMILES string of the molecule is CC1(C)CC(CC(O)(P(=O)(O)O)P(=O)(O)O)CC1(C)C.[NaH].[NaH]. The molecule has 5 N–H and O–H groups in total. The standard InChI is InChI=1S/C11H24O7P2.2Na.2H/c1-9(2)5-8(6-10(9,3)4)7-11(12,19(13,14)15)20(16,17)18;;;;/h8,12H,5-7H2,1-4H3,(H2,13,14,15)(H2,16,17,18);;;;. The second kappa shape index (κ2) is 7.87. The van der Waals surface area contributed by atoms with Crippen molar-refractivity contribution in [3.05, 3.63) is 0 Å². The first kappa shape index (κ1) is 26.5. The van der Waals surface area contributed by atoms with Crippen molar-refractivity contribution in [1.29, 1.82) is 0 Å². The molecular formula is C11H26Na2O7P2. The molecule has 1 fully saturated rings. The second-order valence-corrected chi connectivity index (χ2v) is 11.1. The molecule has 0 unspecified atom stereocenters. The zero-order chi connectivity index (χ0) is 16.2. The first-order valence-electron chi connectivity index (χ1n) is 6.37. The minimum absolute atomic E-state index is 0. The van der Waals surface area contributed by atoms with Crippen LogP contribution in [0.4, 0.5) is 0 Å². The van der Waals surface area contributed by atoms with E-state index >= 15 is 0 Å². The van der Waals surface area contributed by atoms with Crippen LogP contribution in [-0.2, 0) is 9.13 Å². The Balaban J connectivity index is 0. The van der Waals surface area contributed by atoms with Gasteiger partial charge in [0.15, 0.2) is 0 Å². The Morgan fingerprint density at radius 3 is 1.41 bits per heavy atom. The molecule has 0 atom stereocenters. The Morgan fingerprint density at radius 2 is 1.18 bits per heavy atom. The fourth-order valence-corrected chi connectivity index (χ4v) is 5.36. The third-order valence-corrected chi connectivity index (χ3v) is 8.72. The summed E-state index contributed by atoms with van der Waals surface area (Å²) < 4.78 is 22.7. The molecule has 124 valence electrons. The van der Waals surface area contributed by atoms with Crippen molar-refractivity contribution in [3.8, 4) is 0 Å². The van der Waals surface area contributed by atoms with Gasteiger partial charge in [0.05, 0.1) is 0 Å². The van der Waals surface area contributed by atoms with Gasteiger partial charge in [-0.05, 0) is 29.6 Å². The van der Waals surface area contributed by atoms with E-state index in [0.29, 0.717) is 12.8 Å². The van der Waals surface area contributed by atoms with Crippen LogP contribution in [0.15, 0.2) is 0 Å². The van der Waals surface area contributed by atoms with Crippen molar-refractivity contribution >= 4 is 74.3 Å². The van der Waals surface area contributed by atoms with Crippen LogP contribution in [0.25, 0.3) is 0 Å². The summed E-state index contributed by atoms with van der Waals surface area (Å²) in [5.41, 5.74) is -0.273. The predicted molar refractivity (Wildman–Crippen MR) is 88.2 cm³/mol. The summed E-state index contributed by atoms with van der Waals surface area (Å²) in [6.07, 6.45) is 0.485. The van der Waals surface area contributed by atoms with Gasteiger partial charge in [-0.15, -0.1) is 0 Å². The van der Waals surface area contributed by atoms with Crippen molar-refractivity contribution in [2.45, 2.75) is 52.0 Å². The fourth-order valence-electron chi connectivity index (χ4n) is 3.01. The molecular weight excluding hydrogens is 352 g/mol. The maximum absolute atomic E-state index is 11.4. The number of rotatable bonds is 4. The van der Waals surface area contributed by atoms with Crippen LogP contribution in [0.2, 0.25) is 0 Å². The molecule has 0 amide bonds. The molecule has 0 aromatic rings. The Kier molecular flexibility index (Phi) is 9.48. The molecule has 0 radical (unpaired) electrons. The summed E-state index contributed by atoms with van der Waals surface area (Å²) in [4.78, 5) is 36.6. The van der Waals surface area contributed by atoms with Crippen LogP contribution in [-0.4, -0.2) is 88.9 Å². The van der Waals surface area contributed by atoms with Gasteiger partial charge in [0.1, 0.15) is 0 Å². The van der Waals surface area contributed by atoms with Gasteiger partial charge in [0, 0.05) is 6.42 Å². The summed E-state index contributed by atoms with van der Waals surface area (Å²) in [7, 11) is -10.7. The molecule has 1 aliphatic carbocycles. The Hall–Kier alpha value is 2.26. The van der Waals surface area contributed by atoms with E-state index in [2.05, 4.69) is 0 Å². The zero-order valence-electron chi connectivity index (χ0n) is 12.1. The van der Waals surface area contributed by atoms with Crippen LogP contribution >= 0.6 is 15.2 Å². The predicted octanol–water partition coefficient (Wildman–Crippen LogP) is 0.543. The topological polar surface area (TPSA) is 135 Å². The van der Waals surface area contributed by atoms with Gasteiger partial charge < -0.3 is 24.7 Å². The molecule has 0 spiro atoms. The van der Waals surface area contributed by atoms with Crippen LogP contribution in [0.1, 0.15) is 47.0 Å². The van der Waals surface area contributed by atoms with Gasteiger partial charge in [0.25, 0.3) is 5.08 Å². The van der Waals surface area contributed by atoms with E-state index in [0.717, 1.165) is 0 Å². The van der Waals surface area contributed by atoms with E-state index in [1.807, 2.05) is 27.7 Å². The van der Waals surface area contributed by atoms with Crippen molar-refractivity contribution in [2.75, 3.05) is 0 Å². The Labute approximate surface area is 175 Å². The molecule has 1 rings (SSSR count). The fraction of sp³-hybridized carbons (Fsp3) is 1.00. The summed E-state index contributed by atoms with van der Waals surface area (Å²) in [5.74, 6) is -0.356. The molecule has 11 heteroatoms. The third-order valence-electron chi connectivity index (χ3n) is 4.93. The van der Waals surface area contributed by atoms with E-state index in [1.54, 1.807) is 0 Å². The van der Waals surface area contributed by atoms with Gasteiger partial charge in [-0.2, -0.15) is 0 Å². The molecule has 22 heavy (non-hydrogen) atoms. The van der Waals surface area contributed by atoms with Crippen LogP contribution < -0.4 is 0 Å². The van der Waals surface area contributed by atoms with Crippen molar-refractivity contribution in [1.82, 2.24) is 0 Å². The zero-order valence-corrected chi connectivity index (χ0v) is 13.9. The van der Waals surface area contributed by atoms with Gasteiger partial charge in [-0.3, -0.25) is 9.13 Å². The molecule has 0 aromatic heterocycles. The molecule has 0 heterocycles. The van der Waals surface area contributed by atoms with Crippen molar-refractivity contribution in [2.24, 2.45) is 16.7 Å². The summed E-state index contributed by atoms with van der Waals surface area (Å²) in [5, 5.41) is 6.67. The van der Waals surface area contributed by atoms with E-state index in [4.69, 9.17) is 19.6 Å². The van der Waals surface area contributed by atoms with Crippen LogP contribution in [0.3, 0.4) is 0 Å². The van der Waals surface area contributed by atoms with Crippen LogP contribution in [0.5, 0.6) is 0 Å². The number of hydrogen-bond acceptors (Lipinski definition) is 3. The average molecular weight is 378 g/mol. The minimum atomic E-state index is -5.35. The number of aliphatic hydroxyl groups is 1. The summed E-state index contributed by atoms with van der Waals surface area (Å²) >= 11 is 0. The van der Waals surface area contributed by atoms with E-state index in [-0.39, 0.29) is 75.9 Å². The molecule has 7 nitrogen and oxygen atoms in total. The van der Waals surface area contributed by atoms with E-state index in [9.17, 15) is 14.2 Å². The molecule has 0 aliphatic heterocycles. The van der Waals surface area contributed by atoms with E-state index < -0.39 is 26.7 Å². The van der Waals surface area contributed by atoms with Gasteiger partial charge in [-0.1, -0.05) is 27.7 Å². The van der Waals surface area contributed by atoms with Gasteiger partial charge in [0.2, 0.25) is 0 Å². The van der Waals surface area contributed by atoms with Crippen molar-refractivity contribution in [3.63, 3.8) is 0 Å². The Morgan fingerprint density at radius 1 is 0.909 bits per heavy atom. The van der Waals surface area contributed by atoms with Gasteiger partial charge >= 0.3 is 74.3 Å². The molecule has 1 saturated carbocycles. The quantitative estimate of drug-likeness (QED) is 0.356. The normalized spacial score (nSPS) is 21.9. The van der Waals surface area contributed by atoms with E-state index in [1.165, 1.54) is 0 Å². The molecule has 0 aromatic carbocycles. The number of hydrogen-bond donors (Lipinski definition) is 5. The average Bonchev–Trinajstić information content (AvgIpc) is 2.30. The monoisotopic (exact) mass is 378 g/mol. The summed E-state index contributed by atoms with van der Waals surface area (Å²) in [6.45, 7) is 8.00. The van der Waals surface area contributed by atoms with Gasteiger partial charge in [-0.25, -0.2) is 0 Å². The molecule has 1 aliphatic rings. The Bertz CT molecular complexity index is 445. The van der Waals surface area contributed by atoms with Crippen LogP contribution in [0, 0.1) is 16.7 Å². The molecule has 0 bridgehead atoms. The maximum atomic E-state index is 11.4. The third kappa shape index (κ3) is 5.14.